The van der Waals surface area contributed by atoms with Crippen LogP contribution in [-0.2, 0) is 0 Å². The van der Waals surface area contributed by atoms with Gasteiger partial charge >= 0.3 is 0 Å². The summed E-state index contributed by atoms with van der Waals surface area (Å²) < 4.78 is 32.4. The van der Waals surface area contributed by atoms with Crippen molar-refractivity contribution in [3.8, 4) is 23.3 Å². The second-order valence-corrected chi connectivity index (χ2v) is 10.1. The maximum Gasteiger partial charge on any atom is 0.163 e. The number of hydrogen-bond acceptors (Lipinski definition) is 8. The molecule has 1 aliphatic carbocycles. The van der Waals surface area contributed by atoms with Crippen LogP contribution in [0.2, 0.25) is 5.02 Å². The Kier molecular flexibility index (Phi) is 7.31. The number of fused-ring (bicyclic) bond motifs is 1. The van der Waals surface area contributed by atoms with Crippen LogP contribution >= 0.6 is 11.6 Å². The van der Waals surface area contributed by atoms with Crippen LogP contribution in [0.1, 0.15) is 39.0 Å². The van der Waals surface area contributed by atoms with E-state index in [1.165, 1.54) is 0 Å². The lowest BCUT2D eigenvalue weighted by Gasteiger charge is -2.32. The van der Waals surface area contributed by atoms with E-state index in [0.29, 0.717) is 51.6 Å². The first-order valence-corrected chi connectivity index (χ1v) is 13.3. The van der Waals surface area contributed by atoms with Crippen molar-refractivity contribution >= 4 is 33.9 Å². The van der Waals surface area contributed by atoms with Gasteiger partial charge in [0.1, 0.15) is 11.8 Å². The van der Waals surface area contributed by atoms with Crippen LogP contribution in [-0.4, -0.2) is 75.3 Å². The van der Waals surface area contributed by atoms with Gasteiger partial charge in [-0.3, -0.25) is 4.98 Å². The first-order valence-electron chi connectivity index (χ1n) is 14.1. The average Bonchev–Trinajstić information content (AvgIpc) is 3.81. The number of pyridine rings is 1. The van der Waals surface area contributed by atoms with Gasteiger partial charge in [-0.15, -0.1) is 0 Å². The largest absolute Gasteiger partial charge is 0.495 e. The van der Waals surface area contributed by atoms with Crippen LogP contribution in [0, 0.1) is 11.3 Å². The first-order chi connectivity index (χ1) is 19.4. The summed E-state index contributed by atoms with van der Waals surface area (Å²) in [6.07, 6.45) is 4.60. The summed E-state index contributed by atoms with van der Waals surface area (Å²) in [7, 11) is 3.19. The van der Waals surface area contributed by atoms with E-state index in [9.17, 15) is 5.26 Å². The molecule has 0 bridgehead atoms. The van der Waals surface area contributed by atoms with Crippen LogP contribution in [0.4, 0.5) is 11.4 Å². The zero-order valence-electron chi connectivity index (χ0n) is 23.8. The zero-order valence-corrected chi connectivity index (χ0v) is 22.6. The molecule has 2 aliphatic rings. The Bertz CT molecular complexity index is 1400. The van der Waals surface area contributed by atoms with E-state index in [4.69, 9.17) is 28.6 Å². The number of halogens is 1. The van der Waals surface area contributed by atoms with Crippen molar-refractivity contribution in [1.29, 1.82) is 5.26 Å². The molecule has 2 heterocycles. The quantitative estimate of drug-likeness (QED) is 0.343. The number of nitriles is 1. The molecule has 5 rings (SSSR count). The second-order valence-electron chi connectivity index (χ2n) is 9.73. The number of nitrogens with one attached hydrogen (secondary N) is 1. The Morgan fingerprint density at radius 1 is 1.11 bits per heavy atom. The molecule has 9 heteroatoms. The van der Waals surface area contributed by atoms with Crippen molar-refractivity contribution in [3.63, 3.8) is 0 Å². The van der Waals surface area contributed by atoms with Gasteiger partial charge in [0.15, 0.2) is 11.5 Å². The third-order valence-corrected chi connectivity index (χ3v) is 7.45. The van der Waals surface area contributed by atoms with Crippen LogP contribution in [0.25, 0.3) is 10.9 Å². The van der Waals surface area contributed by atoms with Crippen molar-refractivity contribution in [1.82, 2.24) is 14.8 Å². The Morgan fingerprint density at radius 2 is 1.89 bits per heavy atom. The van der Waals surface area contributed by atoms with Crippen LogP contribution in [0.15, 0.2) is 30.5 Å². The fraction of sp³-hybridized carbons (Fsp3) is 0.448. The lowest BCUT2D eigenvalue weighted by atomic mass is 10.0. The molecule has 0 atom stereocenters. The summed E-state index contributed by atoms with van der Waals surface area (Å²) in [4.78, 5) is 8.74. The minimum absolute atomic E-state index is 0.418. The molecule has 1 saturated heterocycles. The molecule has 2 aromatic carbocycles. The maximum atomic E-state index is 9.91. The smallest absolute Gasteiger partial charge is 0.163 e. The highest BCUT2D eigenvalue weighted by molar-refractivity contribution is 6.32. The number of hydrogen-bond donors (Lipinski definition) is 1. The van der Waals surface area contributed by atoms with Crippen molar-refractivity contribution in [2.24, 2.45) is 0 Å². The number of ether oxygens (including phenoxy) is 3. The molecule has 3 aromatic rings. The summed E-state index contributed by atoms with van der Waals surface area (Å²) in [5, 5.41) is 14.7. The molecule has 1 saturated carbocycles. The molecule has 8 nitrogen and oxygen atoms in total. The van der Waals surface area contributed by atoms with Gasteiger partial charge in [0.05, 0.1) is 42.6 Å². The van der Waals surface area contributed by atoms with E-state index in [1.54, 1.807) is 20.4 Å². The lowest BCUT2D eigenvalue weighted by molar-refractivity contribution is 0.145. The van der Waals surface area contributed by atoms with E-state index >= 15 is 0 Å². The predicted molar refractivity (Wildman–Crippen MR) is 150 cm³/mol. The van der Waals surface area contributed by atoms with Gasteiger partial charge in [0.2, 0.25) is 0 Å². The van der Waals surface area contributed by atoms with Gasteiger partial charge in [0, 0.05) is 64.9 Å². The van der Waals surface area contributed by atoms with Crippen molar-refractivity contribution in [2.75, 3.05) is 65.9 Å². The van der Waals surface area contributed by atoms with Gasteiger partial charge < -0.3 is 29.3 Å². The number of methoxy groups -OCH3 is 2. The molecule has 0 radical (unpaired) electrons. The molecule has 2 fully saturated rings. The minimum atomic E-state index is -0.895. The summed E-state index contributed by atoms with van der Waals surface area (Å²) in [5.74, 6) is 2.16. The third-order valence-electron chi connectivity index (χ3n) is 7.16. The molecule has 38 heavy (non-hydrogen) atoms. The van der Waals surface area contributed by atoms with E-state index in [0.717, 1.165) is 68.6 Å². The monoisotopic (exact) mass is 537 g/mol. The SMILES string of the molecule is [2H]C([2H])N1CCN(CCCOc2cc3ncc(C#N)c(Nc4cc(OC)c(Cl)cc4C4CC4)c3cc2OC)CC1. The Morgan fingerprint density at radius 3 is 2.58 bits per heavy atom. The van der Waals surface area contributed by atoms with Crippen molar-refractivity contribution < 1.29 is 17.0 Å². The summed E-state index contributed by atoms with van der Waals surface area (Å²) in [6.45, 7) is 3.71. The molecule has 0 spiro atoms. The lowest BCUT2D eigenvalue weighted by Crippen LogP contribution is -2.44. The van der Waals surface area contributed by atoms with Crippen molar-refractivity contribution in [3.05, 3.63) is 46.6 Å². The number of likely N-dealkylation sites (N-methyl/N-ethyl adjacent to an activating group) is 1. The maximum absolute atomic E-state index is 9.91. The Balaban J connectivity index is 1.35. The van der Waals surface area contributed by atoms with E-state index in [2.05, 4.69) is 21.3 Å². The summed E-state index contributed by atoms with van der Waals surface area (Å²) in [6, 6.07) is 9.81. The fourth-order valence-electron chi connectivity index (χ4n) is 4.85. The van der Waals surface area contributed by atoms with E-state index < -0.39 is 7.00 Å². The number of rotatable bonds is 10. The number of anilines is 2. The number of nitrogens with zero attached hydrogens (tertiary/aromatic N) is 4. The molecule has 1 N–H and O–H groups in total. The summed E-state index contributed by atoms with van der Waals surface area (Å²) in [5.41, 5.74) is 3.70. The fourth-order valence-corrected chi connectivity index (χ4v) is 5.10. The highest BCUT2D eigenvalue weighted by atomic mass is 35.5. The predicted octanol–water partition coefficient (Wildman–Crippen LogP) is 5.41. The van der Waals surface area contributed by atoms with Crippen LogP contribution in [0.5, 0.6) is 17.2 Å². The van der Waals surface area contributed by atoms with Gasteiger partial charge in [-0.2, -0.15) is 5.26 Å². The topological polar surface area (TPSA) is 82.9 Å². The molecule has 0 amide bonds. The third kappa shape index (κ3) is 5.75. The molecular formula is C29H34ClN5O3. The Hall–Kier alpha value is -3.25. The first kappa shape index (κ1) is 23.8. The molecule has 1 aromatic heterocycles. The zero-order chi connectivity index (χ0) is 28.2. The number of aromatic nitrogens is 1. The normalized spacial score (nSPS) is 17.1. The standard InChI is InChI=1S/C29H34ClN5O3/c1-34-8-10-35(11-9-34)7-4-12-38-28-15-24-22(14-27(28)37-3)29(20(17-31)18-32-24)33-25-16-26(36-2)23(30)13-21(25)19-5-6-19/h13-16,18-19H,4-12H2,1-3H3,(H,32,33)/i1D2. The van der Waals surface area contributed by atoms with Gasteiger partial charge in [-0.25, -0.2) is 0 Å². The van der Waals surface area contributed by atoms with Crippen LogP contribution < -0.4 is 19.5 Å². The van der Waals surface area contributed by atoms with E-state index in [-0.39, 0.29) is 0 Å². The molecule has 0 unspecified atom stereocenters. The number of piperazine rings is 1. The van der Waals surface area contributed by atoms with Crippen molar-refractivity contribution in [2.45, 2.75) is 25.2 Å². The molecule has 1 aliphatic heterocycles. The Labute approximate surface area is 231 Å². The summed E-state index contributed by atoms with van der Waals surface area (Å²) >= 11 is 6.44. The minimum Gasteiger partial charge on any atom is -0.495 e. The van der Waals surface area contributed by atoms with E-state index in [1.807, 2.05) is 29.2 Å². The second kappa shape index (κ2) is 11.6. The molecular weight excluding hydrogens is 502 g/mol. The van der Waals surface area contributed by atoms with Gasteiger partial charge in [-0.05, 0) is 49.9 Å². The van der Waals surface area contributed by atoms with Gasteiger partial charge in [0.25, 0.3) is 0 Å². The molecule has 200 valence electrons. The average molecular weight is 538 g/mol. The number of benzene rings is 2. The van der Waals surface area contributed by atoms with Gasteiger partial charge in [-0.1, -0.05) is 11.6 Å². The highest BCUT2D eigenvalue weighted by Crippen LogP contribution is 2.48. The highest BCUT2D eigenvalue weighted by Gasteiger charge is 2.28. The van der Waals surface area contributed by atoms with Crippen LogP contribution in [0.3, 0.4) is 0 Å².